The lowest BCUT2D eigenvalue weighted by atomic mass is 10.0. The van der Waals surface area contributed by atoms with Gasteiger partial charge < -0.3 is 9.47 Å². The van der Waals surface area contributed by atoms with Crippen LogP contribution in [0, 0.1) is 6.92 Å². The lowest BCUT2D eigenvalue weighted by molar-refractivity contribution is -0.148. The Labute approximate surface area is 213 Å². The van der Waals surface area contributed by atoms with Crippen molar-refractivity contribution in [3.63, 3.8) is 0 Å². The molecule has 2 rings (SSSR count). The van der Waals surface area contributed by atoms with Gasteiger partial charge >= 0.3 is 17.2 Å². The van der Waals surface area contributed by atoms with Gasteiger partial charge in [-0.1, -0.05) is 88.6 Å². The van der Waals surface area contributed by atoms with Crippen molar-refractivity contribution in [3.05, 3.63) is 43.0 Å². The van der Waals surface area contributed by atoms with Gasteiger partial charge in [-0.3, -0.25) is 9.36 Å². The standard InChI is InChI=1S/C26H43N5O5/c1-3-4-5-6-7-8-9-10-11-12-13-14-15-16-24(32)35-20-22-17-18-23(36-22)30-19-21(2)25(33)31(26(30)34)29-28-27/h19,22-23H,3-18,20H2,1-2H3/t22-,23+/m0/s1. The number of rotatable bonds is 18. The number of aryl methyl sites for hydroxylation is 1. The first-order valence-electron chi connectivity index (χ1n) is 13.7. The van der Waals surface area contributed by atoms with Gasteiger partial charge in [0.2, 0.25) is 0 Å². The third-order valence-electron chi connectivity index (χ3n) is 6.70. The van der Waals surface area contributed by atoms with Crippen molar-refractivity contribution in [2.45, 2.75) is 129 Å². The zero-order valence-corrected chi connectivity index (χ0v) is 22.0. The maximum absolute atomic E-state index is 12.5. The summed E-state index contributed by atoms with van der Waals surface area (Å²) in [7, 11) is 0. The second-order valence-electron chi connectivity index (χ2n) is 9.76. The summed E-state index contributed by atoms with van der Waals surface area (Å²) in [4.78, 5) is 39.1. The number of unbranched alkanes of at least 4 members (excludes halogenated alkanes) is 12. The number of ether oxygens (including phenoxy) is 2. The summed E-state index contributed by atoms with van der Waals surface area (Å²) in [6.07, 6.45) is 18.4. The molecule has 202 valence electrons. The molecule has 2 atom stereocenters. The third-order valence-corrected chi connectivity index (χ3v) is 6.70. The van der Waals surface area contributed by atoms with E-state index in [2.05, 4.69) is 17.1 Å². The zero-order chi connectivity index (χ0) is 26.2. The van der Waals surface area contributed by atoms with Crippen LogP contribution in [0.25, 0.3) is 10.4 Å². The molecule has 0 amide bonds. The molecule has 1 aromatic rings. The molecule has 0 radical (unpaired) electrons. The number of aromatic nitrogens is 2. The molecule has 0 aliphatic carbocycles. The highest BCUT2D eigenvalue weighted by molar-refractivity contribution is 5.69. The van der Waals surface area contributed by atoms with Crippen LogP contribution in [0.4, 0.5) is 0 Å². The number of hydrogen-bond acceptors (Lipinski definition) is 6. The van der Waals surface area contributed by atoms with Crippen LogP contribution in [-0.4, -0.2) is 27.9 Å². The Balaban J connectivity index is 1.56. The molecule has 0 saturated carbocycles. The zero-order valence-electron chi connectivity index (χ0n) is 22.0. The number of nitrogens with zero attached hydrogens (tertiary/aromatic N) is 5. The summed E-state index contributed by atoms with van der Waals surface area (Å²) >= 11 is 0. The lowest BCUT2D eigenvalue weighted by Crippen LogP contribution is -2.40. The first-order chi connectivity index (χ1) is 17.5. The van der Waals surface area contributed by atoms with E-state index in [0.717, 1.165) is 19.3 Å². The number of esters is 1. The van der Waals surface area contributed by atoms with E-state index >= 15 is 0 Å². The largest absolute Gasteiger partial charge is 0.463 e. The molecule has 1 saturated heterocycles. The van der Waals surface area contributed by atoms with Gasteiger partial charge in [0.05, 0.1) is 11.7 Å². The van der Waals surface area contributed by atoms with Gasteiger partial charge in [0, 0.05) is 12.6 Å². The minimum absolute atomic E-state index is 0.136. The quantitative estimate of drug-likeness (QED) is 0.0783. The summed E-state index contributed by atoms with van der Waals surface area (Å²) in [5.41, 5.74) is 7.47. The van der Waals surface area contributed by atoms with E-state index in [0.29, 0.717) is 23.9 Å². The average molecular weight is 506 g/mol. The van der Waals surface area contributed by atoms with Crippen LogP contribution in [-0.2, 0) is 14.3 Å². The van der Waals surface area contributed by atoms with E-state index in [-0.39, 0.29) is 24.2 Å². The Kier molecular flexibility index (Phi) is 14.0. The van der Waals surface area contributed by atoms with Gasteiger partial charge in [0.25, 0.3) is 0 Å². The summed E-state index contributed by atoms with van der Waals surface area (Å²) < 4.78 is 13.0. The Morgan fingerprint density at radius 2 is 1.61 bits per heavy atom. The monoisotopic (exact) mass is 505 g/mol. The summed E-state index contributed by atoms with van der Waals surface area (Å²) in [6.45, 7) is 3.92. The van der Waals surface area contributed by atoms with Crippen LogP contribution < -0.4 is 11.2 Å². The molecule has 36 heavy (non-hydrogen) atoms. The second kappa shape index (κ2) is 17.0. The van der Waals surface area contributed by atoms with E-state index in [4.69, 9.17) is 15.0 Å². The van der Waals surface area contributed by atoms with Crippen LogP contribution in [0.1, 0.15) is 121 Å². The molecule has 1 aliphatic heterocycles. The number of azide groups is 1. The van der Waals surface area contributed by atoms with E-state index in [1.165, 1.54) is 81.9 Å². The molecule has 2 heterocycles. The molecule has 1 aliphatic rings. The first-order valence-corrected chi connectivity index (χ1v) is 13.7. The number of carbonyl (C=O) groups excluding carboxylic acids is 1. The van der Waals surface area contributed by atoms with Gasteiger partial charge in [0.1, 0.15) is 12.8 Å². The van der Waals surface area contributed by atoms with Crippen molar-refractivity contribution in [2.24, 2.45) is 5.22 Å². The third kappa shape index (κ3) is 10.2. The van der Waals surface area contributed by atoms with E-state index in [9.17, 15) is 14.4 Å². The molecule has 0 unspecified atom stereocenters. The van der Waals surface area contributed by atoms with Crippen LogP contribution in [0.3, 0.4) is 0 Å². The normalized spacial score (nSPS) is 17.2. The summed E-state index contributed by atoms with van der Waals surface area (Å²) in [5.74, 6) is -0.227. The van der Waals surface area contributed by atoms with E-state index < -0.39 is 17.5 Å². The molecule has 10 nitrogen and oxygen atoms in total. The van der Waals surface area contributed by atoms with Gasteiger partial charge in [-0.05, 0) is 31.4 Å². The molecule has 10 heteroatoms. The van der Waals surface area contributed by atoms with E-state index in [1.807, 2.05) is 0 Å². The van der Waals surface area contributed by atoms with Crippen molar-refractivity contribution in [2.75, 3.05) is 6.61 Å². The fourth-order valence-corrected chi connectivity index (χ4v) is 4.57. The first kappa shape index (κ1) is 29.6. The predicted octanol–water partition coefficient (Wildman–Crippen LogP) is 6.09. The second-order valence-corrected chi connectivity index (χ2v) is 9.76. The van der Waals surface area contributed by atoms with Crippen molar-refractivity contribution >= 4 is 5.97 Å². The lowest BCUT2D eigenvalue weighted by Gasteiger charge is -2.16. The minimum atomic E-state index is -0.756. The molecule has 0 bridgehead atoms. The molecule has 1 aromatic heterocycles. The van der Waals surface area contributed by atoms with Gasteiger partial charge in [-0.2, -0.15) is 4.91 Å². The maximum Gasteiger partial charge on any atom is 0.428 e. The van der Waals surface area contributed by atoms with Crippen molar-refractivity contribution < 1.29 is 14.3 Å². The van der Waals surface area contributed by atoms with Crippen LogP contribution >= 0.6 is 0 Å². The predicted molar refractivity (Wildman–Crippen MR) is 139 cm³/mol. The molecule has 0 aromatic carbocycles. The van der Waals surface area contributed by atoms with Crippen molar-refractivity contribution in [1.82, 2.24) is 9.24 Å². The van der Waals surface area contributed by atoms with Gasteiger partial charge in [-0.25, -0.2) is 9.59 Å². The highest BCUT2D eigenvalue weighted by Gasteiger charge is 2.30. The molecule has 1 fully saturated rings. The minimum Gasteiger partial charge on any atom is -0.463 e. The number of hydrogen-bond donors (Lipinski definition) is 0. The Bertz CT molecular complexity index is 966. The van der Waals surface area contributed by atoms with Crippen molar-refractivity contribution in [1.29, 1.82) is 0 Å². The topological polar surface area (TPSA) is 128 Å². The maximum atomic E-state index is 12.5. The Morgan fingerprint density at radius 3 is 2.19 bits per heavy atom. The van der Waals surface area contributed by atoms with Crippen LogP contribution in [0.15, 0.2) is 21.0 Å². The van der Waals surface area contributed by atoms with Crippen LogP contribution in [0.5, 0.6) is 0 Å². The SMILES string of the molecule is CCCCCCCCCCCCCCCC(=O)OC[C@@H]1CC[C@H](n2cc(C)c(=O)n(N=[N+]=[N-])c2=O)O1. The molecular formula is C26H43N5O5. The average Bonchev–Trinajstić information content (AvgIpc) is 3.34. The van der Waals surface area contributed by atoms with Crippen molar-refractivity contribution in [3.8, 4) is 0 Å². The van der Waals surface area contributed by atoms with E-state index in [1.54, 1.807) is 0 Å². The Morgan fingerprint density at radius 1 is 1.03 bits per heavy atom. The smallest absolute Gasteiger partial charge is 0.428 e. The highest BCUT2D eigenvalue weighted by atomic mass is 16.6. The van der Waals surface area contributed by atoms with Gasteiger partial charge in [0.15, 0.2) is 0 Å². The summed E-state index contributed by atoms with van der Waals surface area (Å²) in [5, 5.41) is 3.18. The fourth-order valence-electron chi connectivity index (χ4n) is 4.57. The van der Waals surface area contributed by atoms with Crippen LogP contribution in [0.2, 0.25) is 0 Å². The molecule has 0 spiro atoms. The summed E-state index contributed by atoms with van der Waals surface area (Å²) in [6, 6.07) is 0. The molecular weight excluding hydrogens is 462 g/mol. The number of carbonyl (C=O) groups is 1. The van der Waals surface area contributed by atoms with Gasteiger partial charge in [-0.15, -0.1) is 5.53 Å². The highest BCUT2D eigenvalue weighted by Crippen LogP contribution is 2.27. The molecule has 0 N–H and O–H groups in total. The Hall–Kier alpha value is -2.58. The fraction of sp³-hybridized carbons (Fsp3) is 0.808.